The molecule has 2 amide bonds. The highest BCUT2D eigenvalue weighted by Gasteiger charge is 2.34. The molecule has 4 rings (SSSR count). The van der Waals surface area contributed by atoms with Crippen molar-refractivity contribution in [3.63, 3.8) is 0 Å². The average Bonchev–Trinajstić information content (AvgIpc) is 3.21. The summed E-state index contributed by atoms with van der Waals surface area (Å²) in [4.78, 5) is 19.8. The van der Waals surface area contributed by atoms with E-state index in [0.29, 0.717) is 12.3 Å². The molecule has 1 saturated heterocycles. The first-order valence-electron chi connectivity index (χ1n) is 10.6. The van der Waals surface area contributed by atoms with E-state index in [9.17, 15) is 4.79 Å². The zero-order chi connectivity index (χ0) is 21.5. The third-order valence-corrected chi connectivity index (χ3v) is 5.65. The highest BCUT2D eigenvalue weighted by Crippen LogP contribution is 2.28. The van der Waals surface area contributed by atoms with Crippen molar-refractivity contribution in [2.75, 3.05) is 38.7 Å². The molecule has 6 nitrogen and oxygen atoms in total. The molecule has 0 saturated carbocycles. The topological polar surface area (TPSA) is 66.5 Å². The number of hydrogen-bond acceptors (Lipinski definition) is 4. The van der Waals surface area contributed by atoms with Crippen LogP contribution in [0.2, 0.25) is 0 Å². The second-order valence-electron chi connectivity index (χ2n) is 7.74. The molecule has 1 aliphatic rings. The lowest BCUT2D eigenvalue weighted by Gasteiger charge is -2.21. The summed E-state index contributed by atoms with van der Waals surface area (Å²) in [6, 6.07) is 23.7. The molecule has 3 aromatic rings. The van der Waals surface area contributed by atoms with Crippen LogP contribution in [0.4, 0.5) is 10.5 Å². The van der Waals surface area contributed by atoms with Crippen molar-refractivity contribution in [2.24, 2.45) is 0 Å². The Kier molecular flexibility index (Phi) is 6.92. The predicted molar refractivity (Wildman–Crippen MR) is 123 cm³/mol. The number of urea groups is 1. The third kappa shape index (κ3) is 5.29. The van der Waals surface area contributed by atoms with Gasteiger partial charge in [0.15, 0.2) is 0 Å². The van der Waals surface area contributed by atoms with Crippen LogP contribution in [0, 0.1) is 0 Å². The van der Waals surface area contributed by atoms with Gasteiger partial charge in [0.2, 0.25) is 0 Å². The van der Waals surface area contributed by atoms with Gasteiger partial charge in [-0.25, -0.2) is 4.79 Å². The molecular weight excluding hydrogens is 388 g/mol. The van der Waals surface area contributed by atoms with Gasteiger partial charge in [0.1, 0.15) is 0 Å². The molecule has 1 fully saturated rings. The van der Waals surface area contributed by atoms with E-state index in [2.05, 4.69) is 32.7 Å². The van der Waals surface area contributed by atoms with Crippen molar-refractivity contribution in [3.05, 3.63) is 84.6 Å². The van der Waals surface area contributed by atoms with Crippen LogP contribution in [0.1, 0.15) is 11.5 Å². The number of nitrogens with zero attached hydrogens (tertiary/aromatic N) is 2. The summed E-state index contributed by atoms with van der Waals surface area (Å²) in [6.45, 7) is 3.20. The molecule has 0 bridgehead atoms. The van der Waals surface area contributed by atoms with Crippen molar-refractivity contribution >= 4 is 11.7 Å². The van der Waals surface area contributed by atoms with Gasteiger partial charge in [0, 0.05) is 44.4 Å². The number of carbonyl (C=O) groups excluding carboxylic acids is 1. The van der Waals surface area contributed by atoms with Gasteiger partial charge in [-0.1, -0.05) is 60.7 Å². The van der Waals surface area contributed by atoms with Gasteiger partial charge in [0.05, 0.1) is 24.0 Å². The minimum atomic E-state index is -0.218. The second kappa shape index (κ2) is 10.2. The van der Waals surface area contributed by atoms with Crippen molar-refractivity contribution in [1.82, 2.24) is 15.2 Å². The van der Waals surface area contributed by atoms with E-state index in [1.807, 2.05) is 60.7 Å². The number of hydrogen-bond donors (Lipinski definition) is 2. The molecule has 2 aromatic carbocycles. The molecule has 31 heavy (non-hydrogen) atoms. The summed E-state index contributed by atoms with van der Waals surface area (Å²) < 4.78 is 5.25. The molecule has 0 aliphatic carbocycles. The highest BCUT2D eigenvalue weighted by atomic mass is 16.5. The Balaban J connectivity index is 1.48. The maximum Gasteiger partial charge on any atom is 0.319 e. The van der Waals surface area contributed by atoms with Crippen molar-refractivity contribution in [3.8, 4) is 11.3 Å². The number of pyridine rings is 1. The van der Waals surface area contributed by atoms with Gasteiger partial charge in [-0.3, -0.25) is 9.88 Å². The standard InChI is InChI=1S/C25H28N4O2/c1-31-16-15-29-17-21(19-9-4-2-5-10-19)23(18-29)28-25(30)27-22-13-8-14-26-24(22)20-11-6-3-7-12-20/h2-14,21,23H,15-18H2,1H3,(H2,27,28,30). The number of aromatic nitrogens is 1. The first-order valence-corrected chi connectivity index (χ1v) is 10.6. The van der Waals surface area contributed by atoms with Crippen LogP contribution in [-0.4, -0.2) is 55.3 Å². The van der Waals surface area contributed by atoms with E-state index in [0.717, 1.165) is 30.9 Å². The lowest BCUT2D eigenvalue weighted by Crippen LogP contribution is -2.42. The van der Waals surface area contributed by atoms with Crippen molar-refractivity contribution in [2.45, 2.75) is 12.0 Å². The Hall–Kier alpha value is -3.22. The van der Waals surface area contributed by atoms with Crippen LogP contribution >= 0.6 is 0 Å². The van der Waals surface area contributed by atoms with Gasteiger partial charge < -0.3 is 15.4 Å². The molecule has 1 aliphatic heterocycles. The normalized spacial score (nSPS) is 18.6. The summed E-state index contributed by atoms with van der Waals surface area (Å²) in [5.74, 6) is 0.228. The summed E-state index contributed by atoms with van der Waals surface area (Å²) >= 11 is 0. The Morgan fingerprint density at radius 2 is 1.77 bits per heavy atom. The maximum absolute atomic E-state index is 13.0. The fourth-order valence-electron chi connectivity index (χ4n) is 4.13. The van der Waals surface area contributed by atoms with Crippen LogP contribution < -0.4 is 10.6 Å². The van der Waals surface area contributed by atoms with Gasteiger partial charge in [-0.2, -0.15) is 0 Å². The van der Waals surface area contributed by atoms with Gasteiger partial charge in [-0.05, 0) is 17.7 Å². The first kappa shape index (κ1) is 21.0. The van der Waals surface area contributed by atoms with Crippen LogP contribution in [0.25, 0.3) is 11.3 Å². The van der Waals surface area contributed by atoms with Crippen LogP contribution in [0.3, 0.4) is 0 Å². The van der Waals surface area contributed by atoms with Crippen LogP contribution in [0.5, 0.6) is 0 Å². The fourth-order valence-corrected chi connectivity index (χ4v) is 4.13. The predicted octanol–water partition coefficient (Wildman–Crippen LogP) is 3.98. The fraction of sp³-hybridized carbons (Fsp3) is 0.280. The number of nitrogens with one attached hydrogen (secondary N) is 2. The summed E-state index contributed by atoms with van der Waals surface area (Å²) in [5.41, 5.74) is 3.65. The Morgan fingerprint density at radius 1 is 1.03 bits per heavy atom. The number of carbonyl (C=O) groups is 1. The number of anilines is 1. The Labute approximate surface area is 183 Å². The molecule has 1 aromatic heterocycles. The van der Waals surface area contributed by atoms with E-state index in [-0.39, 0.29) is 18.0 Å². The molecule has 2 N–H and O–H groups in total. The first-order chi connectivity index (χ1) is 15.2. The van der Waals surface area contributed by atoms with Crippen molar-refractivity contribution in [1.29, 1.82) is 0 Å². The molecule has 2 heterocycles. The SMILES string of the molecule is COCCN1CC(NC(=O)Nc2cccnc2-c2ccccc2)C(c2ccccc2)C1. The smallest absolute Gasteiger partial charge is 0.319 e. The van der Waals surface area contributed by atoms with Gasteiger partial charge in [-0.15, -0.1) is 0 Å². The van der Waals surface area contributed by atoms with Crippen LogP contribution in [-0.2, 0) is 4.74 Å². The molecular formula is C25H28N4O2. The summed E-state index contributed by atoms with van der Waals surface area (Å²) in [7, 11) is 1.71. The van der Waals surface area contributed by atoms with E-state index < -0.39 is 0 Å². The number of methoxy groups -OCH3 is 1. The lowest BCUT2D eigenvalue weighted by atomic mass is 9.94. The molecule has 6 heteroatoms. The highest BCUT2D eigenvalue weighted by molar-refractivity contribution is 5.93. The number of benzene rings is 2. The Bertz CT molecular complexity index is 981. The third-order valence-electron chi connectivity index (χ3n) is 5.65. The summed E-state index contributed by atoms with van der Waals surface area (Å²) in [5, 5.41) is 6.21. The van der Waals surface area contributed by atoms with E-state index in [1.165, 1.54) is 5.56 Å². The van der Waals surface area contributed by atoms with Crippen LogP contribution in [0.15, 0.2) is 79.0 Å². The molecule has 2 unspecified atom stereocenters. The number of ether oxygens (including phenoxy) is 1. The molecule has 2 atom stereocenters. The van der Waals surface area contributed by atoms with Gasteiger partial charge in [0.25, 0.3) is 0 Å². The number of amides is 2. The quantitative estimate of drug-likeness (QED) is 0.611. The molecule has 160 valence electrons. The minimum absolute atomic E-state index is 0.0103. The zero-order valence-electron chi connectivity index (χ0n) is 17.7. The number of rotatable bonds is 7. The molecule has 0 radical (unpaired) electrons. The average molecular weight is 417 g/mol. The Morgan fingerprint density at radius 3 is 2.52 bits per heavy atom. The maximum atomic E-state index is 13.0. The van der Waals surface area contributed by atoms with Crippen molar-refractivity contribution < 1.29 is 9.53 Å². The largest absolute Gasteiger partial charge is 0.383 e. The zero-order valence-corrected chi connectivity index (χ0v) is 17.7. The van der Waals surface area contributed by atoms with Gasteiger partial charge >= 0.3 is 6.03 Å². The van der Waals surface area contributed by atoms with E-state index in [4.69, 9.17) is 4.74 Å². The summed E-state index contributed by atoms with van der Waals surface area (Å²) in [6.07, 6.45) is 1.74. The molecule has 0 spiro atoms. The van der Waals surface area contributed by atoms with E-state index in [1.54, 1.807) is 13.3 Å². The lowest BCUT2D eigenvalue weighted by molar-refractivity contribution is 0.159. The second-order valence-corrected chi connectivity index (χ2v) is 7.74. The van der Waals surface area contributed by atoms with E-state index >= 15 is 0 Å². The monoisotopic (exact) mass is 416 g/mol. The minimum Gasteiger partial charge on any atom is -0.383 e. The number of likely N-dealkylation sites (tertiary alicyclic amines) is 1.